The lowest BCUT2D eigenvalue weighted by Crippen LogP contribution is -2.46. The van der Waals surface area contributed by atoms with Crippen LogP contribution in [0.1, 0.15) is 16.2 Å². The van der Waals surface area contributed by atoms with Crippen molar-refractivity contribution in [3.8, 4) is 6.07 Å². The monoisotopic (exact) mass is 220 g/mol. The van der Waals surface area contributed by atoms with Gasteiger partial charge in [0.2, 0.25) is 0 Å². The van der Waals surface area contributed by atoms with Crippen LogP contribution in [0.4, 0.5) is 0 Å². The summed E-state index contributed by atoms with van der Waals surface area (Å²) in [6, 6.07) is 5.85. The molecule has 0 aromatic carbocycles. The Hall–Kier alpha value is -1.54. The Balaban J connectivity index is 1.94. The van der Waals surface area contributed by atoms with Crippen LogP contribution in [-0.2, 0) is 6.54 Å². The number of aliphatic imine (C=N–C) groups is 1. The van der Waals surface area contributed by atoms with Crippen molar-refractivity contribution in [2.24, 2.45) is 10.7 Å². The van der Waals surface area contributed by atoms with Gasteiger partial charge in [0.15, 0.2) is 5.96 Å². The van der Waals surface area contributed by atoms with Crippen LogP contribution < -0.4 is 5.73 Å². The molecule has 1 saturated heterocycles. The van der Waals surface area contributed by atoms with Gasteiger partial charge in [-0.2, -0.15) is 5.26 Å². The molecular formula is C10H12N4S. The second-order valence-electron chi connectivity index (χ2n) is 3.39. The molecule has 0 amide bonds. The first kappa shape index (κ1) is 9.99. The first-order chi connectivity index (χ1) is 7.29. The van der Waals surface area contributed by atoms with Gasteiger partial charge in [-0.05, 0) is 18.6 Å². The molecule has 2 N–H and O–H groups in total. The van der Waals surface area contributed by atoms with Crippen LogP contribution in [0.2, 0.25) is 0 Å². The predicted octanol–water partition coefficient (Wildman–Crippen LogP) is 1.14. The molecule has 15 heavy (non-hydrogen) atoms. The Morgan fingerprint density at radius 1 is 1.60 bits per heavy atom. The zero-order chi connectivity index (χ0) is 10.7. The fourth-order valence-corrected chi connectivity index (χ4v) is 2.06. The molecule has 1 aromatic heterocycles. The number of rotatable bonds is 2. The molecular weight excluding hydrogens is 208 g/mol. The molecule has 2 rings (SSSR count). The molecule has 1 aliphatic rings. The van der Waals surface area contributed by atoms with Gasteiger partial charge in [0.1, 0.15) is 10.9 Å². The lowest BCUT2D eigenvalue weighted by atomic mass is 10.2. The van der Waals surface area contributed by atoms with E-state index in [1.165, 1.54) is 17.8 Å². The van der Waals surface area contributed by atoms with Gasteiger partial charge in [0.25, 0.3) is 0 Å². The van der Waals surface area contributed by atoms with Crippen molar-refractivity contribution in [3.05, 3.63) is 21.9 Å². The van der Waals surface area contributed by atoms with Crippen molar-refractivity contribution in [2.75, 3.05) is 13.1 Å². The number of guanidine groups is 1. The number of nitriles is 1. The molecule has 2 heterocycles. The molecule has 0 atom stereocenters. The normalized spacial score (nSPS) is 15.9. The molecule has 1 fully saturated rings. The number of nitrogens with two attached hydrogens (primary N) is 1. The van der Waals surface area contributed by atoms with Gasteiger partial charge in [-0.3, -0.25) is 0 Å². The van der Waals surface area contributed by atoms with E-state index in [-0.39, 0.29) is 0 Å². The van der Waals surface area contributed by atoms with Crippen molar-refractivity contribution in [3.63, 3.8) is 0 Å². The average Bonchev–Trinajstić information content (AvgIpc) is 2.59. The predicted molar refractivity (Wildman–Crippen MR) is 60.6 cm³/mol. The summed E-state index contributed by atoms with van der Waals surface area (Å²) < 4.78 is 0. The third-order valence-corrected chi connectivity index (χ3v) is 3.32. The molecule has 0 aliphatic carbocycles. The summed E-state index contributed by atoms with van der Waals surface area (Å²) in [6.07, 6.45) is 1.20. The molecule has 0 radical (unpaired) electrons. The van der Waals surface area contributed by atoms with Gasteiger partial charge in [0.05, 0.1) is 6.54 Å². The number of hydrogen-bond acceptors (Lipinski definition) is 3. The van der Waals surface area contributed by atoms with Crippen LogP contribution >= 0.6 is 11.3 Å². The van der Waals surface area contributed by atoms with E-state index in [1.54, 1.807) is 0 Å². The molecule has 0 saturated carbocycles. The van der Waals surface area contributed by atoms with E-state index in [9.17, 15) is 0 Å². The van der Waals surface area contributed by atoms with E-state index in [2.05, 4.69) is 16.0 Å². The Morgan fingerprint density at radius 3 is 2.93 bits per heavy atom. The molecule has 0 bridgehead atoms. The van der Waals surface area contributed by atoms with Crippen LogP contribution in [0.3, 0.4) is 0 Å². The van der Waals surface area contributed by atoms with E-state index in [0.717, 1.165) is 22.8 Å². The number of hydrogen-bond donors (Lipinski definition) is 1. The number of nitrogens with zero attached hydrogens (tertiary/aromatic N) is 3. The van der Waals surface area contributed by atoms with Gasteiger partial charge < -0.3 is 10.6 Å². The lowest BCUT2D eigenvalue weighted by molar-refractivity contribution is 0.295. The molecule has 1 aliphatic heterocycles. The van der Waals surface area contributed by atoms with E-state index in [0.29, 0.717) is 12.5 Å². The van der Waals surface area contributed by atoms with Gasteiger partial charge >= 0.3 is 0 Å². The van der Waals surface area contributed by atoms with Gasteiger partial charge in [-0.25, -0.2) is 4.99 Å². The quantitative estimate of drug-likeness (QED) is 0.600. The number of thiophene rings is 1. The van der Waals surface area contributed by atoms with Gasteiger partial charge in [0, 0.05) is 18.0 Å². The standard InChI is InChI=1S/C10H12N4S/c11-6-8-2-3-9(15-8)7-13-10(12)14-4-1-5-14/h2-3H,1,4-5,7H2,(H2,12,13). The van der Waals surface area contributed by atoms with E-state index < -0.39 is 0 Å². The summed E-state index contributed by atoms with van der Waals surface area (Å²) in [6.45, 7) is 2.61. The van der Waals surface area contributed by atoms with Crippen LogP contribution in [0.5, 0.6) is 0 Å². The Labute approximate surface area is 92.6 Å². The highest BCUT2D eigenvalue weighted by molar-refractivity contribution is 7.12. The SMILES string of the molecule is N#Cc1ccc(CN=C(N)N2CCC2)s1. The summed E-state index contributed by atoms with van der Waals surface area (Å²) in [7, 11) is 0. The first-order valence-corrected chi connectivity index (χ1v) is 5.65. The first-order valence-electron chi connectivity index (χ1n) is 4.83. The van der Waals surface area contributed by atoms with Crippen molar-refractivity contribution >= 4 is 17.3 Å². The minimum Gasteiger partial charge on any atom is -0.370 e. The third kappa shape index (κ3) is 2.28. The second kappa shape index (κ2) is 4.32. The Kier molecular flexibility index (Phi) is 2.88. The van der Waals surface area contributed by atoms with Crippen LogP contribution in [0.15, 0.2) is 17.1 Å². The highest BCUT2D eigenvalue weighted by atomic mass is 32.1. The Morgan fingerprint density at radius 2 is 2.40 bits per heavy atom. The average molecular weight is 220 g/mol. The van der Waals surface area contributed by atoms with Crippen LogP contribution in [-0.4, -0.2) is 23.9 Å². The van der Waals surface area contributed by atoms with E-state index >= 15 is 0 Å². The van der Waals surface area contributed by atoms with Crippen LogP contribution in [0.25, 0.3) is 0 Å². The highest BCUT2D eigenvalue weighted by Gasteiger charge is 2.15. The summed E-state index contributed by atoms with van der Waals surface area (Å²) in [5.41, 5.74) is 5.78. The molecule has 4 nitrogen and oxygen atoms in total. The second-order valence-corrected chi connectivity index (χ2v) is 4.56. The summed E-state index contributed by atoms with van der Waals surface area (Å²) in [4.78, 5) is 8.14. The minimum atomic E-state index is 0.578. The van der Waals surface area contributed by atoms with Crippen molar-refractivity contribution in [2.45, 2.75) is 13.0 Å². The summed E-state index contributed by atoms with van der Waals surface area (Å²) in [5, 5.41) is 8.66. The highest BCUT2D eigenvalue weighted by Crippen LogP contribution is 2.16. The van der Waals surface area contributed by atoms with Crippen molar-refractivity contribution in [1.82, 2.24) is 4.90 Å². The van der Waals surface area contributed by atoms with Gasteiger partial charge in [-0.15, -0.1) is 11.3 Å². The largest absolute Gasteiger partial charge is 0.370 e. The Bertz CT molecular complexity index is 411. The molecule has 78 valence electrons. The maximum atomic E-state index is 8.66. The molecule has 5 heteroatoms. The topological polar surface area (TPSA) is 65.4 Å². The zero-order valence-corrected chi connectivity index (χ0v) is 9.13. The zero-order valence-electron chi connectivity index (χ0n) is 8.31. The fourth-order valence-electron chi connectivity index (χ4n) is 1.33. The molecule has 0 unspecified atom stereocenters. The third-order valence-electron chi connectivity index (χ3n) is 2.35. The molecule has 0 spiro atoms. The smallest absolute Gasteiger partial charge is 0.191 e. The molecule has 1 aromatic rings. The van der Waals surface area contributed by atoms with E-state index in [1.807, 2.05) is 12.1 Å². The van der Waals surface area contributed by atoms with Crippen molar-refractivity contribution < 1.29 is 0 Å². The van der Waals surface area contributed by atoms with E-state index in [4.69, 9.17) is 11.0 Å². The number of likely N-dealkylation sites (tertiary alicyclic amines) is 1. The maximum absolute atomic E-state index is 8.66. The summed E-state index contributed by atoms with van der Waals surface area (Å²) in [5.74, 6) is 0.619. The van der Waals surface area contributed by atoms with Crippen molar-refractivity contribution in [1.29, 1.82) is 5.26 Å². The maximum Gasteiger partial charge on any atom is 0.191 e. The van der Waals surface area contributed by atoms with Crippen LogP contribution in [0, 0.1) is 11.3 Å². The lowest BCUT2D eigenvalue weighted by Gasteiger charge is -2.31. The van der Waals surface area contributed by atoms with Gasteiger partial charge in [-0.1, -0.05) is 0 Å². The summed E-state index contributed by atoms with van der Waals surface area (Å²) >= 11 is 1.47. The fraction of sp³-hybridized carbons (Fsp3) is 0.400. The minimum absolute atomic E-state index is 0.578.